The van der Waals surface area contributed by atoms with Gasteiger partial charge in [-0.3, -0.25) is 4.79 Å². The van der Waals surface area contributed by atoms with Crippen LogP contribution in [0.1, 0.15) is 35.2 Å². The van der Waals surface area contributed by atoms with Gasteiger partial charge in [-0.15, -0.1) is 0 Å². The van der Waals surface area contributed by atoms with Crippen LogP contribution in [0.4, 0.5) is 5.82 Å². The summed E-state index contributed by atoms with van der Waals surface area (Å²) < 4.78 is 0. The fourth-order valence-corrected chi connectivity index (χ4v) is 3.60. The highest BCUT2D eigenvalue weighted by molar-refractivity contribution is 5.93. The zero-order valence-electron chi connectivity index (χ0n) is 16.4. The van der Waals surface area contributed by atoms with E-state index < -0.39 is 0 Å². The van der Waals surface area contributed by atoms with Crippen molar-refractivity contribution in [3.8, 4) is 0 Å². The van der Waals surface area contributed by atoms with Crippen molar-refractivity contribution in [1.29, 1.82) is 0 Å². The van der Waals surface area contributed by atoms with Crippen LogP contribution in [0.25, 0.3) is 0 Å². The molecule has 27 heavy (non-hydrogen) atoms. The molecule has 1 saturated heterocycles. The minimum Gasteiger partial charge on any atom is -0.366 e. The lowest BCUT2D eigenvalue weighted by atomic mass is 10.0. The van der Waals surface area contributed by atoms with Crippen LogP contribution in [0.2, 0.25) is 0 Å². The smallest absolute Gasteiger partial charge is 0.254 e. The molecule has 1 aromatic heterocycles. The van der Waals surface area contributed by atoms with Gasteiger partial charge in [-0.2, -0.15) is 0 Å². The number of benzene rings is 1. The lowest BCUT2D eigenvalue weighted by Crippen LogP contribution is -2.42. The first-order valence-corrected chi connectivity index (χ1v) is 9.82. The molecular formula is C22H30N4O. The molecule has 5 heteroatoms. The largest absolute Gasteiger partial charge is 0.366 e. The average Bonchev–Trinajstić information content (AvgIpc) is 2.69. The Morgan fingerprint density at radius 1 is 1.22 bits per heavy atom. The van der Waals surface area contributed by atoms with Gasteiger partial charge in [0, 0.05) is 32.9 Å². The van der Waals surface area contributed by atoms with Crippen molar-refractivity contribution in [3.63, 3.8) is 0 Å². The van der Waals surface area contributed by atoms with Gasteiger partial charge in [0.05, 0.1) is 5.56 Å². The second kappa shape index (κ2) is 9.51. The molecule has 1 aromatic carbocycles. The van der Waals surface area contributed by atoms with E-state index in [-0.39, 0.29) is 5.91 Å². The van der Waals surface area contributed by atoms with Crippen molar-refractivity contribution in [2.24, 2.45) is 0 Å². The molecule has 0 bridgehead atoms. The number of carbonyl (C=O) groups excluding carboxylic acids is 1. The van der Waals surface area contributed by atoms with Crippen LogP contribution in [-0.4, -0.2) is 60.5 Å². The lowest BCUT2D eigenvalue weighted by molar-refractivity contribution is 0.0827. The summed E-state index contributed by atoms with van der Waals surface area (Å²) in [7, 11) is 3.51. The molecule has 0 spiro atoms. The molecule has 144 valence electrons. The van der Waals surface area contributed by atoms with E-state index in [1.807, 2.05) is 12.1 Å². The Labute approximate surface area is 162 Å². The second-order valence-corrected chi connectivity index (χ2v) is 7.50. The molecule has 1 fully saturated rings. The molecule has 0 unspecified atom stereocenters. The van der Waals surface area contributed by atoms with E-state index in [1.165, 1.54) is 24.9 Å². The van der Waals surface area contributed by atoms with E-state index in [0.717, 1.165) is 31.7 Å². The number of hydrogen-bond acceptors (Lipinski definition) is 4. The maximum atomic E-state index is 12.0. The number of hydrogen-bond donors (Lipinski definition) is 1. The third kappa shape index (κ3) is 5.79. The standard InChI is InChI=1S/C22H30N4O/c1-25(2)22(27)19-12-13-21(23-16-19)24-20-11-7-15-26(17-20)14-6-10-18-8-4-3-5-9-18/h3-5,8-9,12-13,16,20H,6-7,10-11,14-15,17H2,1-2H3,(H,23,24)/t20-/m1/s1. The van der Waals surface area contributed by atoms with E-state index in [9.17, 15) is 4.79 Å². The van der Waals surface area contributed by atoms with Crippen LogP contribution in [0.15, 0.2) is 48.7 Å². The van der Waals surface area contributed by atoms with Gasteiger partial charge in [0.15, 0.2) is 0 Å². The summed E-state index contributed by atoms with van der Waals surface area (Å²) in [6, 6.07) is 14.9. The molecule has 0 radical (unpaired) electrons. The highest BCUT2D eigenvalue weighted by Crippen LogP contribution is 2.16. The molecule has 2 aromatic rings. The Kier molecular flexibility index (Phi) is 6.82. The maximum Gasteiger partial charge on any atom is 0.254 e. The summed E-state index contributed by atoms with van der Waals surface area (Å²) in [5, 5.41) is 3.54. The minimum atomic E-state index is -0.0173. The van der Waals surface area contributed by atoms with Crippen LogP contribution in [0.5, 0.6) is 0 Å². The van der Waals surface area contributed by atoms with E-state index >= 15 is 0 Å². The third-order valence-corrected chi connectivity index (χ3v) is 5.06. The molecule has 5 nitrogen and oxygen atoms in total. The maximum absolute atomic E-state index is 12.0. The summed E-state index contributed by atoms with van der Waals surface area (Å²) in [6.45, 7) is 3.36. The number of aromatic nitrogens is 1. The van der Waals surface area contributed by atoms with Gasteiger partial charge in [0.2, 0.25) is 0 Å². The predicted octanol–water partition coefficient (Wildman–Crippen LogP) is 3.29. The van der Waals surface area contributed by atoms with Crippen molar-refractivity contribution < 1.29 is 4.79 Å². The summed E-state index contributed by atoms with van der Waals surface area (Å²) in [5.41, 5.74) is 2.04. The normalized spacial score (nSPS) is 17.5. The van der Waals surface area contributed by atoms with Crippen LogP contribution in [-0.2, 0) is 6.42 Å². The highest BCUT2D eigenvalue weighted by atomic mass is 16.2. The summed E-state index contributed by atoms with van der Waals surface area (Å²) in [5.74, 6) is 0.831. The van der Waals surface area contributed by atoms with Crippen molar-refractivity contribution in [3.05, 3.63) is 59.8 Å². The zero-order chi connectivity index (χ0) is 19.1. The van der Waals surface area contributed by atoms with Crippen LogP contribution in [0.3, 0.4) is 0 Å². The molecule has 3 rings (SSSR count). The van der Waals surface area contributed by atoms with Crippen molar-refractivity contribution >= 4 is 11.7 Å². The van der Waals surface area contributed by atoms with Gasteiger partial charge < -0.3 is 15.1 Å². The first-order valence-electron chi connectivity index (χ1n) is 9.82. The lowest BCUT2D eigenvalue weighted by Gasteiger charge is -2.33. The number of pyridine rings is 1. The number of amides is 1. The van der Waals surface area contributed by atoms with Crippen molar-refractivity contribution in [2.75, 3.05) is 39.0 Å². The van der Waals surface area contributed by atoms with Crippen LogP contribution >= 0.6 is 0 Å². The number of likely N-dealkylation sites (tertiary alicyclic amines) is 1. The number of aryl methyl sites for hydroxylation is 1. The van der Waals surface area contributed by atoms with E-state index in [2.05, 4.69) is 45.5 Å². The zero-order valence-corrected chi connectivity index (χ0v) is 16.4. The van der Waals surface area contributed by atoms with Gasteiger partial charge in [0.1, 0.15) is 5.82 Å². The second-order valence-electron chi connectivity index (χ2n) is 7.50. The molecule has 0 aliphatic carbocycles. The Morgan fingerprint density at radius 3 is 2.74 bits per heavy atom. The van der Waals surface area contributed by atoms with E-state index in [1.54, 1.807) is 25.2 Å². The SMILES string of the molecule is CN(C)C(=O)c1ccc(N[C@@H]2CCCN(CCCc3ccccc3)C2)nc1. The number of rotatable bonds is 7. The number of anilines is 1. The molecule has 1 aliphatic rings. The van der Waals surface area contributed by atoms with Crippen molar-refractivity contribution in [2.45, 2.75) is 31.7 Å². The van der Waals surface area contributed by atoms with Gasteiger partial charge in [-0.05, 0) is 56.5 Å². The Balaban J connectivity index is 1.46. The average molecular weight is 367 g/mol. The third-order valence-electron chi connectivity index (χ3n) is 5.06. The number of piperidine rings is 1. The molecule has 1 aliphatic heterocycles. The number of nitrogens with zero attached hydrogens (tertiary/aromatic N) is 3. The number of carbonyl (C=O) groups is 1. The van der Waals surface area contributed by atoms with E-state index in [4.69, 9.17) is 0 Å². The minimum absolute atomic E-state index is 0.0173. The fourth-order valence-electron chi connectivity index (χ4n) is 3.60. The molecule has 1 N–H and O–H groups in total. The summed E-state index contributed by atoms with van der Waals surface area (Å²) >= 11 is 0. The first-order chi connectivity index (χ1) is 13.1. The van der Waals surface area contributed by atoms with Gasteiger partial charge >= 0.3 is 0 Å². The summed E-state index contributed by atoms with van der Waals surface area (Å²) in [6.07, 6.45) is 6.36. The van der Waals surface area contributed by atoms with Crippen LogP contribution < -0.4 is 5.32 Å². The van der Waals surface area contributed by atoms with Crippen molar-refractivity contribution in [1.82, 2.24) is 14.8 Å². The quantitative estimate of drug-likeness (QED) is 0.817. The Morgan fingerprint density at radius 2 is 2.04 bits per heavy atom. The topological polar surface area (TPSA) is 48.5 Å². The Bertz CT molecular complexity index is 715. The molecule has 0 saturated carbocycles. The Hall–Kier alpha value is -2.40. The number of nitrogens with one attached hydrogen (secondary N) is 1. The first kappa shape index (κ1) is 19.4. The molecule has 1 atom stereocenters. The summed E-state index contributed by atoms with van der Waals surface area (Å²) in [4.78, 5) is 20.5. The predicted molar refractivity (Wildman–Crippen MR) is 110 cm³/mol. The van der Waals surface area contributed by atoms with E-state index in [0.29, 0.717) is 11.6 Å². The van der Waals surface area contributed by atoms with Gasteiger partial charge in [0.25, 0.3) is 5.91 Å². The highest BCUT2D eigenvalue weighted by Gasteiger charge is 2.20. The van der Waals surface area contributed by atoms with Crippen LogP contribution in [0, 0.1) is 0 Å². The molecule has 2 heterocycles. The monoisotopic (exact) mass is 366 g/mol. The fraction of sp³-hybridized carbons (Fsp3) is 0.455. The molecular weight excluding hydrogens is 336 g/mol. The van der Waals surface area contributed by atoms with Gasteiger partial charge in [-0.25, -0.2) is 4.98 Å². The van der Waals surface area contributed by atoms with Gasteiger partial charge in [-0.1, -0.05) is 30.3 Å². The molecule has 1 amide bonds.